The molecule has 0 radical (unpaired) electrons. The van der Waals surface area contributed by atoms with Crippen molar-refractivity contribution in [1.82, 2.24) is 10.2 Å². The van der Waals surface area contributed by atoms with Crippen molar-refractivity contribution in [3.63, 3.8) is 0 Å². The molecule has 0 amide bonds. The summed E-state index contributed by atoms with van der Waals surface area (Å²) in [4.78, 5) is 2.24. The van der Waals surface area contributed by atoms with E-state index in [0.717, 1.165) is 26.2 Å². The van der Waals surface area contributed by atoms with E-state index in [1.165, 1.54) is 6.07 Å². The van der Waals surface area contributed by atoms with Crippen LogP contribution in [0.1, 0.15) is 18.0 Å². The first kappa shape index (κ1) is 19.9. The molecule has 0 bridgehead atoms. The zero-order chi connectivity index (χ0) is 13.8. The molecule has 5 nitrogen and oxygen atoms in total. The van der Waals surface area contributed by atoms with Crippen LogP contribution in [0.5, 0.6) is 17.2 Å². The van der Waals surface area contributed by atoms with Gasteiger partial charge in [0.1, 0.15) is 0 Å². The predicted octanol–water partition coefficient (Wildman–Crippen LogP) is 2.17. The first-order valence-corrected chi connectivity index (χ1v) is 6.44. The van der Waals surface area contributed by atoms with E-state index in [-0.39, 0.29) is 42.4 Å². The molecule has 1 aromatic rings. The normalized spacial score (nSPS) is 16.4. The second-order valence-corrected chi connectivity index (χ2v) is 4.70. The highest BCUT2D eigenvalue weighted by Gasteiger charge is 2.25. The lowest BCUT2D eigenvalue weighted by Crippen LogP contribution is -2.45. The average Bonchev–Trinajstić information content (AvgIpc) is 2.44. The van der Waals surface area contributed by atoms with Crippen molar-refractivity contribution < 1.29 is 15.3 Å². The Morgan fingerprint density at radius 1 is 1.14 bits per heavy atom. The Labute approximate surface area is 137 Å². The quantitative estimate of drug-likeness (QED) is 0.500. The van der Waals surface area contributed by atoms with Gasteiger partial charge in [0.05, 0.1) is 0 Å². The number of rotatable bonds is 4. The molecule has 21 heavy (non-hydrogen) atoms. The largest absolute Gasteiger partial charge is 0.504 e. The predicted molar refractivity (Wildman–Crippen MR) is 87.9 cm³/mol. The maximum absolute atomic E-state index is 10.0. The lowest BCUT2D eigenvalue weighted by molar-refractivity contribution is 0.171. The Morgan fingerprint density at radius 3 is 2.33 bits per heavy atom. The highest BCUT2D eigenvalue weighted by molar-refractivity contribution is 5.85. The molecule has 0 saturated carbocycles. The molecule has 4 N–H and O–H groups in total. The van der Waals surface area contributed by atoms with Crippen LogP contribution < -0.4 is 5.32 Å². The topological polar surface area (TPSA) is 76.0 Å². The summed E-state index contributed by atoms with van der Waals surface area (Å²) in [5.74, 6) is -1.01. The van der Waals surface area contributed by atoms with Gasteiger partial charge in [-0.25, -0.2) is 0 Å². The molecule has 0 aromatic heterocycles. The summed E-state index contributed by atoms with van der Waals surface area (Å²) in [5, 5.41) is 32.3. The van der Waals surface area contributed by atoms with Gasteiger partial charge in [-0.15, -0.1) is 31.4 Å². The van der Waals surface area contributed by atoms with E-state index in [2.05, 4.69) is 16.8 Å². The fraction of sp³-hybridized carbons (Fsp3) is 0.429. The molecule has 1 saturated heterocycles. The number of phenolic OH excluding ortho intramolecular Hbond substituents is 3. The van der Waals surface area contributed by atoms with Crippen molar-refractivity contribution in [2.24, 2.45) is 0 Å². The Bertz CT molecular complexity index is 466. The van der Waals surface area contributed by atoms with Crippen LogP contribution in [0, 0.1) is 0 Å². The maximum Gasteiger partial charge on any atom is 0.200 e. The third kappa shape index (κ3) is 4.41. The van der Waals surface area contributed by atoms with E-state index < -0.39 is 5.75 Å². The number of piperazine rings is 1. The van der Waals surface area contributed by atoms with Crippen LogP contribution in [0.15, 0.2) is 24.8 Å². The van der Waals surface area contributed by atoms with Crippen molar-refractivity contribution in [1.29, 1.82) is 0 Å². The number of hydrogen-bond donors (Lipinski definition) is 4. The molecule has 1 aliphatic rings. The highest BCUT2D eigenvalue weighted by Crippen LogP contribution is 2.42. The molecule has 2 rings (SSSR count). The lowest BCUT2D eigenvalue weighted by Gasteiger charge is -2.35. The van der Waals surface area contributed by atoms with Crippen molar-refractivity contribution >= 4 is 24.8 Å². The third-order valence-electron chi connectivity index (χ3n) is 3.50. The zero-order valence-electron chi connectivity index (χ0n) is 11.7. The Hall–Kier alpha value is -1.14. The number of phenols is 3. The monoisotopic (exact) mass is 336 g/mol. The van der Waals surface area contributed by atoms with Crippen LogP contribution in [0.4, 0.5) is 0 Å². The molecule has 1 fully saturated rings. The van der Waals surface area contributed by atoms with Crippen LogP contribution >= 0.6 is 24.8 Å². The third-order valence-corrected chi connectivity index (χ3v) is 3.50. The molecule has 120 valence electrons. The second kappa shape index (κ2) is 9.00. The van der Waals surface area contributed by atoms with Crippen LogP contribution in [0.25, 0.3) is 0 Å². The molecule has 1 atom stereocenters. The van der Waals surface area contributed by atoms with Gasteiger partial charge in [0.15, 0.2) is 11.5 Å². The number of halogens is 2. The maximum atomic E-state index is 10.0. The molecule has 1 aliphatic heterocycles. The summed E-state index contributed by atoms with van der Waals surface area (Å²) < 4.78 is 0. The Morgan fingerprint density at radius 2 is 1.76 bits per heavy atom. The molecule has 1 aromatic carbocycles. The number of nitrogens with zero attached hydrogens (tertiary/aromatic N) is 1. The van der Waals surface area contributed by atoms with Gasteiger partial charge in [0, 0.05) is 37.8 Å². The summed E-state index contributed by atoms with van der Waals surface area (Å²) >= 11 is 0. The summed E-state index contributed by atoms with van der Waals surface area (Å²) in [6.07, 6.45) is 2.48. The summed E-state index contributed by atoms with van der Waals surface area (Å²) in [6, 6.07) is 3.02. The minimum atomic E-state index is -0.457. The van der Waals surface area contributed by atoms with Gasteiger partial charge in [-0.3, -0.25) is 4.90 Å². The van der Waals surface area contributed by atoms with E-state index >= 15 is 0 Å². The minimum absolute atomic E-state index is 0. The molecule has 0 aliphatic carbocycles. The van der Waals surface area contributed by atoms with Gasteiger partial charge < -0.3 is 20.6 Å². The molecule has 1 heterocycles. The summed E-state index contributed by atoms with van der Waals surface area (Å²) in [5.41, 5.74) is 0.622. The first-order valence-electron chi connectivity index (χ1n) is 6.44. The minimum Gasteiger partial charge on any atom is -0.504 e. The van der Waals surface area contributed by atoms with Crippen molar-refractivity contribution in [3.8, 4) is 17.2 Å². The van der Waals surface area contributed by atoms with Crippen LogP contribution in [0.2, 0.25) is 0 Å². The smallest absolute Gasteiger partial charge is 0.200 e. The van der Waals surface area contributed by atoms with Crippen LogP contribution in [-0.4, -0.2) is 46.4 Å². The fourth-order valence-corrected chi connectivity index (χ4v) is 2.48. The van der Waals surface area contributed by atoms with E-state index in [1.807, 2.05) is 0 Å². The van der Waals surface area contributed by atoms with Crippen LogP contribution in [0.3, 0.4) is 0 Å². The molecular formula is C14H22Cl2N2O3. The van der Waals surface area contributed by atoms with Gasteiger partial charge >= 0.3 is 0 Å². The van der Waals surface area contributed by atoms with E-state index in [1.54, 1.807) is 12.1 Å². The second-order valence-electron chi connectivity index (χ2n) is 4.70. The van der Waals surface area contributed by atoms with Crippen molar-refractivity contribution in [2.45, 2.75) is 12.5 Å². The molecule has 0 spiro atoms. The highest BCUT2D eigenvalue weighted by atomic mass is 35.5. The van der Waals surface area contributed by atoms with Gasteiger partial charge in [-0.2, -0.15) is 0 Å². The van der Waals surface area contributed by atoms with Crippen molar-refractivity contribution in [3.05, 3.63) is 30.4 Å². The standard InChI is InChI=1S/C14H20N2O3.2ClH/c1-2-3-11(16-8-6-15-7-9-16)10-4-5-12(17)14(19)13(10)18;;/h2,4-5,11,15,17-19H,1,3,6-9H2;2*1H/t11-;;/m1../s1. The van der Waals surface area contributed by atoms with E-state index in [0.29, 0.717) is 12.0 Å². The first-order chi connectivity index (χ1) is 9.15. The van der Waals surface area contributed by atoms with Gasteiger partial charge in [0.25, 0.3) is 0 Å². The zero-order valence-corrected chi connectivity index (χ0v) is 13.3. The summed E-state index contributed by atoms with van der Waals surface area (Å²) in [6.45, 7) is 7.31. The SMILES string of the molecule is C=CC[C@H](c1ccc(O)c(O)c1O)N1CCNCC1.Cl.Cl. The molecular weight excluding hydrogens is 315 g/mol. The van der Waals surface area contributed by atoms with Gasteiger partial charge in [-0.1, -0.05) is 6.08 Å². The lowest BCUT2D eigenvalue weighted by atomic mass is 9.99. The van der Waals surface area contributed by atoms with Crippen molar-refractivity contribution in [2.75, 3.05) is 26.2 Å². The Kier molecular flexibility index (Phi) is 8.51. The number of hydrogen-bond acceptors (Lipinski definition) is 5. The number of benzene rings is 1. The fourth-order valence-electron chi connectivity index (χ4n) is 2.48. The van der Waals surface area contributed by atoms with E-state index in [9.17, 15) is 15.3 Å². The molecule has 0 unspecified atom stereocenters. The average molecular weight is 337 g/mol. The van der Waals surface area contributed by atoms with Crippen LogP contribution in [-0.2, 0) is 0 Å². The molecule has 7 heteroatoms. The van der Waals surface area contributed by atoms with Gasteiger partial charge in [0.2, 0.25) is 5.75 Å². The number of nitrogens with one attached hydrogen (secondary N) is 1. The summed E-state index contributed by atoms with van der Waals surface area (Å²) in [7, 11) is 0. The van der Waals surface area contributed by atoms with E-state index in [4.69, 9.17) is 0 Å². The number of aromatic hydroxyl groups is 3. The Balaban J connectivity index is 0.00000200. The van der Waals surface area contributed by atoms with Gasteiger partial charge in [-0.05, 0) is 18.6 Å².